The van der Waals surface area contributed by atoms with E-state index >= 15 is 0 Å². The van der Waals surface area contributed by atoms with Gasteiger partial charge in [-0.25, -0.2) is 4.90 Å². The monoisotopic (exact) mass is 723 g/mol. The van der Waals surface area contributed by atoms with Gasteiger partial charge in [-0.3, -0.25) is 19.2 Å². The second kappa shape index (κ2) is 14.3. The topological polar surface area (TPSA) is 105 Å². The van der Waals surface area contributed by atoms with Crippen molar-refractivity contribution in [1.82, 2.24) is 5.32 Å². The van der Waals surface area contributed by atoms with E-state index in [0.717, 1.165) is 9.37 Å². The Bertz CT molecular complexity index is 1840. The van der Waals surface area contributed by atoms with Crippen LogP contribution in [0.2, 0.25) is 10.0 Å². The first kappa shape index (κ1) is 32.3. The van der Waals surface area contributed by atoms with E-state index in [-0.39, 0.29) is 28.7 Å². The van der Waals surface area contributed by atoms with Crippen LogP contribution in [0.15, 0.2) is 106 Å². The summed E-state index contributed by atoms with van der Waals surface area (Å²) in [6.45, 7) is 0. The van der Waals surface area contributed by atoms with Gasteiger partial charge in [0.05, 0.1) is 27.5 Å². The Kier molecular flexibility index (Phi) is 10.3. The number of halogens is 3. The third-order valence-electron chi connectivity index (χ3n) is 6.64. The molecule has 1 aliphatic rings. The van der Waals surface area contributed by atoms with Crippen LogP contribution in [0, 0.1) is 0 Å². The van der Waals surface area contributed by atoms with Crippen molar-refractivity contribution in [3.8, 4) is 5.75 Å². The molecule has 0 saturated carbocycles. The highest BCUT2D eigenvalue weighted by Crippen LogP contribution is 2.38. The number of carbonyl (C=O) groups excluding carboxylic acids is 4. The van der Waals surface area contributed by atoms with E-state index in [4.69, 9.17) is 27.9 Å². The lowest BCUT2D eigenvalue weighted by Gasteiger charge is -2.17. The van der Waals surface area contributed by atoms with Crippen molar-refractivity contribution >= 4 is 92.0 Å². The summed E-state index contributed by atoms with van der Waals surface area (Å²) in [5, 5.41) is 5.43. The predicted molar refractivity (Wildman–Crippen MR) is 181 cm³/mol. The lowest BCUT2D eigenvalue weighted by atomic mass is 10.1. The maximum atomic E-state index is 13.5. The SMILES string of the molecule is COc1cc(/C=C(/NC(=O)c2ccccc2)C(=O)Nc2cccc(S[C@H]3CC(=O)N(c4ccc(Cl)cc4Cl)C3=O)c2)ccc1Br. The fraction of sp³-hybridized carbons (Fsp3) is 0.0909. The molecule has 2 N–H and O–H groups in total. The molecule has 0 spiro atoms. The van der Waals surface area contributed by atoms with Gasteiger partial charge in [0.15, 0.2) is 0 Å². The molecule has 1 heterocycles. The summed E-state index contributed by atoms with van der Waals surface area (Å²) in [7, 11) is 1.53. The summed E-state index contributed by atoms with van der Waals surface area (Å²) in [5.41, 5.74) is 1.70. The van der Waals surface area contributed by atoms with Crippen molar-refractivity contribution in [3.63, 3.8) is 0 Å². The molecular formula is C33H24BrCl2N3O5S. The number of benzene rings is 4. The molecule has 1 fully saturated rings. The van der Waals surface area contributed by atoms with E-state index < -0.39 is 23.0 Å². The standard InChI is InChI=1S/C33H24BrCl2N3O5S/c1-44-28-15-19(10-12-24(28)34)14-26(38-31(41)20-6-3-2-4-7-20)32(42)37-22-8-5-9-23(17-22)45-29-18-30(40)39(33(29)43)27-13-11-21(35)16-25(27)36/h2-17,29H,18H2,1H3,(H,37,42)(H,38,41)/b26-14+/t29-/m0/s1. The molecule has 8 nitrogen and oxygen atoms in total. The average molecular weight is 725 g/mol. The van der Waals surface area contributed by atoms with Crippen molar-refractivity contribution in [2.75, 3.05) is 17.3 Å². The summed E-state index contributed by atoms with van der Waals surface area (Å²) in [5.74, 6) is -1.25. The van der Waals surface area contributed by atoms with Crippen LogP contribution < -0.4 is 20.3 Å². The van der Waals surface area contributed by atoms with Crippen LogP contribution in [0.25, 0.3) is 6.08 Å². The van der Waals surface area contributed by atoms with E-state index in [0.29, 0.717) is 32.5 Å². The van der Waals surface area contributed by atoms with Crippen molar-refractivity contribution < 1.29 is 23.9 Å². The number of ether oxygens (including phenoxy) is 1. The molecule has 4 amide bonds. The van der Waals surface area contributed by atoms with Gasteiger partial charge in [-0.15, -0.1) is 11.8 Å². The molecule has 45 heavy (non-hydrogen) atoms. The Hall–Kier alpha value is -4.09. The molecule has 0 radical (unpaired) electrons. The van der Waals surface area contributed by atoms with Gasteiger partial charge in [0.25, 0.3) is 11.8 Å². The van der Waals surface area contributed by atoms with Gasteiger partial charge in [-0.05, 0) is 88.2 Å². The maximum absolute atomic E-state index is 13.5. The number of carbonyl (C=O) groups is 4. The first-order chi connectivity index (χ1) is 21.6. The van der Waals surface area contributed by atoms with Crippen LogP contribution in [0.3, 0.4) is 0 Å². The van der Waals surface area contributed by atoms with Crippen LogP contribution in [-0.2, 0) is 14.4 Å². The van der Waals surface area contributed by atoms with Gasteiger partial charge < -0.3 is 15.4 Å². The van der Waals surface area contributed by atoms with Crippen LogP contribution in [0.1, 0.15) is 22.3 Å². The number of nitrogens with zero attached hydrogens (tertiary/aromatic N) is 1. The van der Waals surface area contributed by atoms with Crippen molar-refractivity contribution in [2.24, 2.45) is 0 Å². The fourth-order valence-corrected chi connectivity index (χ4v) is 6.51. The zero-order valence-corrected chi connectivity index (χ0v) is 27.5. The second-order valence-corrected chi connectivity index (χ2v) is 12.7. The highest BCUT2D eigenvalue weighted by molar-refractivity contribution is 9.10. The van der Waals surface area contributed by atoms with E-state index in [1.165, 1.54) is 31.0 Å². The molecule has 0 aromatic heterocycles. The number of amides is 4. The lowest BCUT2D eigenvalue weighted by Crippen LogP contribution is -2.31. The van der Waals surface area contributed by atoms with Crippen LogP contribution in [0.5, 0.6) is 5.75 Å². The smallest absolute Gasteiger partial charge is 0.272 e. The Labute approximate surface area is 281 Å². The maximum Gasteiger partial charge on any atom is 0.272 e. The van der Waals surface area contributed by atoms with Gasteiger partial charge in [-0.2, -0.15) is 0 Å². The molecule has 4 aromatic carbocycles. The number of imide groups is 1. The molecule has 0 unspecified atom stereocenters. The van der Waals surface area contributed by atoms with E-state index in [9.17, 15) is 19.2 Å². The van der Waals surface area contributed by atoms with Crippen LogP contribution in [0.4, 0.5) is 11.4 Å². The summed E-state index contributed by atoms with van der Waals surface area (Å²) < 4.78 is 6.11. The summed E-state index contributed by atoms with van der Waals surface area (Å²) in [6.07, 6.45) is 1.52. The van der Waals surface area contributed by atoms with Gasteiger partial charge in [-0.1, -0.05) is 53.5 Å². The van der Waals surface area contributed by atoms with Gasteiger partial charge >= 0.3 is 0 Å². The van der Waals surface area contributed by atoms with E-state index in [1.807, 2.05) is 0 Å². The average Bonchev–Trinajstić information content (AvgIpc) is 3.29. The van der Waals surface area contributed by atoms with E-state index in [2.05, 4.69) is 26.6 Å². The first-order valence-corrected chi connectivity index (χ1v) is 15.9. The lowest BCUT2D eigenvalue weighted by molar-refractivity contribution is -0.121. The number of hydrogen-bond acceptors (Lipinski definition) is 6. The third kappa shape index (κ3) is 7.77. The zero-order chi connectivity index (χ0) is 32.1. The van der Waals surface area contributed by atoms with Crippen molar-refractivity contribution in [3.05, 3.63) is 122 Å². The number of anilines is 2. The van der Waals surface area contributed by atoms with Crippen LogP contribution >= 0.6 is 50.9 Å². The predicted octanol–water partition coefficient (Wildman–Crippen LogP) is 7.60. The Morgan fingerprint density at radius 2 is 1.76 bits per heavy atom. The Morgan fingerprint density at radius 3 is 2.49 bits per heavy atom. The summed E-state index contributed by atoms with van der Waals surface area (Å²) in [6, 6.07) is 25.3. The Morgan fingerprint density at radius 1 is 0.978 bits per heavy atom. The largest absolute Gasteiger partial charge is 0.496 e. The molecular weight excluding hydrogens is 701 g/mol. The van der Waals surface area contributed by atoms with Crippen LogP contribution in [-0.4, -0.2) is 36.0 Å². The molecule has 4 aromatic rings. The third-order valence-corrected chi connectivity index (χ3v) is 9.01. The second-order valence-electron chi connectivity index (χ2n) is 9.73. The normalized spacial score (nSPS) is 14.8. The van der Waals surface area contributed by atoms with E-state index in [1.54, 1.807) is 84.9 Å². The molecule has 1 atom stereocenters. The van der Waals surface area contributed by atoms with Gasteiger partial charge in [0.1, 0.15) is 11.4 Å². The van der Waals surface area contributed by atoms with Crippen molar-refractivity contribution in [2.45, 2.75) is 16.6 Å². The molecule has 12 heteroatoms. The van der Waals surface area contributed by atoms with Gasteiger partial charge in [0, 0.05) is 27.6 Å². The highest BCUT2D eigenvalue weighted by atomic mass is 79.9. The minimum Gasteiger partial charge on any atom is -0.496 e. The number of nitrogens with one attached hydrogen (secondary N) is 2. The van der Waals surface area contributed by atoms with Crippen molar-refractivity contribution in [1.29, 1.82) is 0 Å². The highest BCUT2D eigenvalue weighted by Gasteiger charge is 2.41. The molecule has 0 bridgehead atoms. The van der Waals surface area contributed by atoms with Gasteiger partial charge in [0.2, 0.25) is 11.8 Å². The first-order valence-electron chi connectivity index (χ1n) is 13.4. The minimum absolute atomic E-state index is 0.00154. The summed E-state index contributed by atoms with van der Waals surface area (Å²) in [4.78, 5) is 54.3. The molecule has 228 valence electrons. The molecule has 5 rings (SSSR count). The zero-order valence-electron chi connectivity index (χ0n) is 23.6. The fourth-order valence-electron chi connectivity index (χ4n) is 4.50. The molecule has 0 aliphatic carbocycles. The molecule has 1 saturated heterocycles. The number of methoxy groups -OCH3 is 1. The minimum atomic E-state index is -0.691. The quantitative estimate of drug-likeness (QED) is 0.136. The summed E-state index contributed by atoms with van der Waals surface area (Å²) >= 11 is 16.9. The number of rotatable bonds is 9. The Balaban J connectivity index is 1.35. The molecule has 1 aliphatic heterocycles. The number of hydrogen-bond donors (Lipinski definition) is 2. The number of thioether (sulfide) groups is 1.